The number of nitrogens with one attached hydrogen (secondary N) is 1. The average Bonchev–Trinajstić information content (AvgIpc) is 2.39. The van der Waals surface area contributed by atoms with Crippen molar-refractivity contribution in [2.75, 3.05) is 5.32 Å². The molecule has 1 aromatic heterocycles. The number of aromatic nitrogens is 1. The van der Waals surface area contributed by atoms with Gasteiger partial charge in [0.05, 0.1) is 0 Å². The fraction of sp³-hybridized carbons (Fsp3) is 0.200. The molecular formula is C15H14N2O. The molecule has 0 bridgehead atoms. The minimum absolute atomic E-state index is 0.107. The number of carbonyl (C=O) groups excluding carboxylic acids is 1. The van der Waals surface area contributed by atoms with Gasteiger partial charge < -0.3 is 5.32 Å². The number of pyridine rings is 1. The number of anilines is 1. The molecule has 0 unspecified atom stereocenters. The van der Waals surface area contributed by atoms with Crippen molar-refractivity contribution in [2.45, 2.75) is 19.8 Å². The van der Waals surface area contributed by atoms with Gasteiger partial charge in [0.15, 0.2) is 0 Å². The van der Waals surface area contributed by atoms with Crippen LogP contribution in [-0.2, 0) is 11.2 Å². The van der Waals surface area contributed by atoms with Crippen LogP contribution < -0.4 is 5.32 Å². The molecule has 1 N–H and O–H groups in total. The van der Waals surface area contributed by atoms with E-state index in [0.29, 0.717) is 6.42 Å². The van der Waals surface area contributed by atoms with Crippen molar-refractivity contribution in [2.24, 2.45) is 0 Å². The molecule has 0 atom stereocenters. The van der Waals surface area contributed by atoms with E-state index >= 15 is 0 Å². The van der Waals surface area contributed by atoms with Crippen molar-refractivity contribution >= 4 is 11.6 Å². The van der Waals surface area contributed by atoms with Gasteiger partial charge in [0.25, 0.3) is 0 Å². The van der Waals surface area contributed by atoms with Gasteiger partial charge >= 0.3 is 0 Å². The number of aryl methyl sites for hydroxylation is 2. The van der Waals surface area contributed by atoms with E-state index in [1.54, 1.807) is 6.20 Å². The van der Waals surface area contributed by atoms with Gasteiger partial charge in [-0.3, -0.25) is 9.78 Å². The van der Waals surface area contributed by atoms with Gasteiger partial charge in [0.2, 0.25) is 5.91 Å². The van der Waals surface area contributed by atoms with E-state index in [1.807, 2.05) is 12.3 Å². The smallest absolute Gasteiger partial charge is 0.224 e. The van der Waals surface area contributed by atoms with Crippen LogP contribution in [0.15, 0.2) is 36.7 Å². The minimum Gasteiger partial charge on any atom is -0.326 e. The summed E-state index contributed by atoms with van der Waals surface area (Å²) in [7, 11) is 0. The van der Waals surface area contributed by atoms with Crippen LogP contribution in [0.4, 0.5) is 5.69 Å². The van der Waals surface area contributed by atoms with Crippen LogP contribution in [0.3, 0.4) is 0 Å². The van der Waals surface area contributed by atoms with E-state index in [4.69, 9.17) is 0 Å². The maximum absolute atomic E-state index is 11.4. The molecule has 3 rings (SSSR count). The summed E-state index contributed by atoms with van der Waals surface area (Å²) in [5.74, 6) is 0.107. The minimum atomic E-state index is 0.107. The Balaban J connectivity index is 2.10. The molecule has 0 saturated carbocycles. The lowest BCUT2D eigenvalue weighted by molar-refractivity contribution is -0.116. The van der Waals surface area contributed by atoms with Crippen molar-refractivity contribution in [3.8, 4) is 11.1 Å². The maximum atomic E-state index is 11.4. The van der Waals surface area contributed by atoms with Crippen molar-refractivity contribution in [3.05, 3.63) is 47.8 Å². The monoisotopic (exact) mass is 238 g/mol. The second kappa shape index (κ2) is 4.26. The molecule has 0 aliphatic carbocycles. The third kappa shape index (κ3) is 1.88. The fourth-order valence-electron chi connectivity index (χ4n) is 2.37. The molecule has 1 aromatic carbocycles. The molecule has 1 aliphatic rings. The highest BCUT2D eigenvalue weighted by Crippen LogP contribution is 2.31. The Kier molecular flexibility index (Phi) is 2.59. The van der Waals surface area contributed by atoms with Crippen molar-refractivity contribution < 1.29 is 4.79 Å². The highest BCUT2D eigenvalue weighted by atomic mass is 16.1. The number of nitrogens with zero attached hydrogens (tertiary/aromatic N) is 1. The van der Waals surface area contributed by atoms with Crippen LogP contribution in [0.25, 0.3) is 11.1 Å². The Hall–Kier alpha value is -2.16. The molecule has 1 amide bonds. The number of hydrogen-bond donors (Lipinski definition) is 1. The summed E-state index contributed by atoms with van der Waals surface area (Å²) in [6.07, 6.45) is 5.03. The summed E-state index contributed by atoms with van der Waals surface area (Å²) in [4.78, 5) is 15.5. The molecule has 3 heteroatoms. The molecular weight excluding hydrogens is 224 g/mol. The first-order valence-electron chi connectivity index (χ1n) is 6.08. The van der Waals surface area contributed by atoms with Gasteiger partial charge in [-0.1, -0.05) is 6.07 Å². The third-order valence-electron chi connectivity index (χ3n) is 3.32. The summed E-state index contributed by atoms with van der Waals surface area (Å²) in [5, 5.41) is 2.92. The number of rotatable bonds is 1. The molecule has 0 radical (unpaired) electrons. The molecule has 2 aromatic rings. The third-order valence-corrected chi connectivity index (χ3v) is 3.32. The molecule has 90 valence electrons. The lowest BCUT2D eigenvalue weighted by Gasteiger charge is -2.19. The second-order valence-electron chi connectivity index (χ2n) is 4.61. The first-order chi connectivity index (χ1) is 8.74. The van der Waals surface area contributed by atoms with Gasteiger partial charge in [-0.2, -0.15) is 0 Å². The van der Waals surface area contributed by atoms with E-state index in [0.717, 1.165) is 23.2 Å². The number of fused-ring (bicyclic) bond motifs is 1. The zero-order valence-electron chi connectivity index (χ0n) is 10.2. The van der Waals surface area contributed by atoms with Crippen LogP contribution >= 0.6 is 0 Å². The maximum Gasteiger partial charge on any atom is 0.224 e. The largest absolute Gasteiger partial charge is 0.326 e. The van der Waals surface area contributed by atoms with Gasteiger partial charge in [-0.15, -0.1) is 0 Å². The predicted molar refractivity (Wildman–Crippen MR) is 71.4 cm³/mol. The van der Waals surface area contributed by atoms with Crippen LogP contribution in [0.1, 0.15) is 17.5 Å². The zero-order chi connectivity index (χ0) is 12.5. The van der Waals surface area contributed by atoms with Gasteiger partial charge in [0, 0.05) is 30.1 Å². The molecule has 0 fully saturated rings. The fourth-order valence-corrected chi connectivity index (χ4v) is 2.37. The number of carbonyl (C=O) groups is 1. The highest BCUT2D eigenvalue weighted by molar-refractivity contribution is 5.94. The SMILES string of the molecule is Cc1cc2c(cc1-c1cccnc1)CCC(=O)N2. The number of amides is 1. The van der Waals surface area contributed by atoms with Crippen molar-refractivity contribution in [1.29, 1.82) is 0 Å². The van der Waals surface area contributed by atoms with Crippen molar-refractivity contribution in [3.63, 3.8) is 0 Å². The van der Waals surface area contributed by atoms with Gasteiger partial charge in [0.1, 0.15) is 0 Å². The van der Waals surface area contributed by atoms with Gasteiger partial charge in [-0.25, -0.2) is 0 Å². The van der Waals surface area contributed by atoms with Crippen LogP contribution in [-0.4, -0.2) is 10.9 Å². The number of benzene rings is 1. The average molecular weight is 238 g/mol. The van der Waals surface area contributed by atoms with E-state index in [9.17, 15) is 4.79 Å². The lowest BCUT2D eigenvalue weighted by atomic mass is 9.94. The normalized spacial score (nSPS) is 13.9. The molecule has 3 nitrogen and oxygen atoms in total. The second-order valence-corrected chi connectivity index (χ2v) is 4.61. The Morgan fingerprint density at radius 1 is 1.28 bits per heavy atom. The van der Waals surface area contributed by atoms with Gasteiger partial charge in [-0.05, 0) is 48.2 Å². The summed E-state index contributed by atoms with van der Waals surface area (Å²) >= 11 is 0. The Labute approximate surface area is 106 Å². The van der Waals surface area contributed by atoms with Crippen LogP contribution in [0.2, 0.25) is 0 Å². The van der Waals surface area contributed by atoms with E-state index in [-0.39, 0.29) is 5.91 Å². The molecule has 1 aliphatic heterocycles. The van der Waals surface area contributed by atoms with E-state index in [1.165, 1.54) is 11.1 Å². The quantitative estimate of drug-likeness (QED) is 0.830. The molecule has 2 heterocycles. The first-order valence-corrected chi connectivity index (χ1v) is 6.08. The Morgan fingerprint density at radius 2 is 2.17 bits per heavy atom. The van der Waals surface area contributed by atoms with E-state index < -0.39 is 0 Å². The topological polar surface area (TPSA) is 42.0 Å². The highest BCUT2D eigenvalue weighted by Gasteiger charge is 2.16. The standard InChI is InChI=1S/C15H14N2O/c1-10-7-14-11(4-5-15(18)17-14)8-13(10)12-3-2-6-16-9-12/h2-3,6-9H,4-5H2,1H3,(H,17,18). The molecule has 0 spiro atoms. The zero-order valence-corrected chi connectivity index (χ0v) is 10.2. The Bertz CT molecular complexity index is 605. The van der Waals surface area contributed by atoms with E-state index in [2.05, 4.69) is 35.4 Å². The first kappa shape index (κ1) is 11.0. The molecule has 0 saturated heterocycles. The summed E-state index contributed by atoms with van der Waals surface area (Å²) in [6.45, 7) is 2.06. The van der Waals surface area contributed by atoms with Crippen molar-refractivity contribution in [1.82, 2.24) is 4.98 Å². The Morgan fingerprint density at radius 3 is 2.94 bits per heavy atom. The van der Waals surface area contributed by atoms with Crippen LogP contribution in [0, 0.1) is 6.92 Å². The molecule has 18 heavy (non-hydrogen) atoms. The summed E-state index contributed by atoms with van der Waals surface area (Å²) in [6, 6.07) is 8.22. The summed E-state index contributed by atoms with van der Waals surface area (Å²) < 4.78 is 0. The van der Waals surface area contributed by atoms with Crippen LogP contribution in [0.5, 0.6) is 0 Å². The summed E-state index contributed by atoms with van der Waals surface area (Å²) in [5.41, 5.74) is 5.63. The predicted octanol–water partition coefficient (Wildman–Crippen LogP) is 2.94. The number of hydrogen-bond acceptors (Lipinski definition) is 2. The lowest BCUT2D eigenvalue weighted by Crippen LogP contribution is -2.19.